The number of nitrogens with one attached hydrogen (secondary N) is 2. The van der Waals surface area contributed by atoms with Gasteiger partial charge in [0.05, 0.1) is 18.2 Å². The summed E-state index contributed by atoms with van der Waals surface area (Å²) in [6, 6.07) is 9.56. The van der Waals surface area contributed by atoms with E-state index in [4.69, 9.17) is 0 Å². The molecule has 1 atom stereocenters. The van der Waals surface area contributed by atoms with Crippen LogP contribution in [0, 0.1) is 19.7 Å². The van der Waals surface area contributed by atoms with Gasteiger partial charge in [0, 0.05) is 41.2 Å². The first-order chi connectivity index (χ1) is 17.4. The summed E-state index contributed by atoms with van der Waals surface area (Å²) >= 11 is 0. The molecule has 1 aliphatic carbocycles. The molecule has 1 aliphatic heterocycles. The Kier molecular flexibility index (Phi) is 5.32. The Morgan fingerprint density at radius 1 is 1.08 bits per heavy atom. The number of carbonyl (C=O) groups is 1. The summed E-state index contributed by atoms with van der Waals surface area (Å²) < 4.78 is 16.8. The number of fused-ring (bicyclic) bond motifs is 1. The van der Waals surface area contributed by atoms with E-state index in [1.165, 1.54) is 19.0 Å². The highest BCUT2D eigenvalue weighted by Gasteiger charge is 2.26. The van der Waals surface area contributed by atoms with Crippen molar-refractivity contribution in [3.63, 3.8) is 0 Å². The molecule has 0 radical (unpaired) electrons. The summed E-state index contributed by atoms with van der Waals surface area (Å²) in [6.07, 6.45) is 7.60. The molecule has 0 saturated heterocycles. The Balaban J connectivity index is 1.31. The summed E-state index contributed by atoms with van der Waals surface area (Å²) in [5.41, 5.74) is 7.35. The van der Waals surface area contributed by atoms with Crippen molar-refractivity contribution in [2.75, 3.05) is 11.9 Å². The van der Waals surface area contributed by atoms with E-state index in [9.17, 15) is 9.18 Å². The number of rotatable bonds is 5. The molecule has 1 unspecified atom stereocenters. The molecular formula is C28H27FN6O. The zero-order valence-corrected chi connectivity index (χ0v) is 20.5. The minimum absolute atomic E-state index is 0.0844. The molecule has 36 heavy (non-hydrogen) atoms. The fraction of sp³-hybridized carbons (Fsp3) is 0.286. The molecule has 2 N–H and O–H groups in total. The third kappa shape index (κ3) is 4.02. The minimum Gasteiger partial charge on any atom is -0.351 e. The second-order valence-corrected chi connectivity index (χ2v) is 9.86. The van der Waals surface area contributed by atoms with Crippen LogP contribution in [0.25, 0.3) is 17.1 Å². The van der Waals surface area contributed by atoms with Gasteiger partial charge in [0.15, 0.2) is 17.5 Å². The van der Waals surface area contributed by atoms with Gasteiger partial charge in [0.1, 0.15) is 0 Å². The lowest BCUT2D eigenvalue weighted by Gasteiger charge is -2.23. The van der Waals surface area contributed by atoms with Crippen LogP contribution in [0.4, 0.5) is 15.9 Å². The normalized spacial score (nSPS) is 17.0. The van der Waals surface area contributed by atoms with E-state index in [2.05, 4.69) is 49.3 Å². The molecule has 0 bridgehead atoms. The molecule has 2 aromatic heterocycles. The van der Waals surface area contributed by atoms with Gasteiger partial charge in [0.2, 0.25) is 0 Å². The van der Waals surface area contributed by atoms with Gasteiger partial charge in [-0.2, -0.15) is 0 Å². The zero-order valence-electron chi connectivity index (χ0n) is 20.5. The molecule has 8 heteroatoms. The standard InChI is InChI=1S/C28H27FN6O/c1-15-9-25(35-13-24(32-14-35)18-4-5-18)16(2)8-22(15)26-30-12-23(29)27(34-26)33-19-6-7-20-21(10-19)17(3)11-31-28(20)36/h6-10,12-14,17-18H,4-5,11H2,1-3H3,(H,31,36)(H,30,33,34). The Bertz CT molecular complexity index is 1510. The van der Waals surface area contributed by atoms with Gasteiger partial charge in [-0.1, -0.05) is 6.92 Å². The van der Waals surface area contributed by atoms with Crippen molar-refractivity contribution in [1.82, 2.24) is 24.8 Å². The molecule has 7 nitrogen and oxygen atoms in total. The van der Waals surface area contributed by atoms with Crippen LogP contribution in [0.3, 0.4) is 0 Å². The summed E-state index contributed by atoms with van der Waals surface area (Å²) in [6.45, 7) is 6.68. The number of halogens is 1. The summed E-state index contributed by atoms with van der Waals surface area (Å²) in [7, 11) is 0. The van der Waals surface area contributed by atoms with Gasteiger partial charge in [-0.15, -0.1) is 0 Å². The Morgan fingerprint density at radius 2 is 1.92 bits per heavy atom. The molecule has 6 rings (SSSR count). The number of carbonyl (C=O) groups excluding carboxylic acids is 1. The number of anilines is 2. The molecular weight excluding hydrogens is 455 g/mol. The van der Waals surface area contributed by atoms with Crippen molar-refractivity contribution < 1.29 is 9.18 Å². The quantitative estimate of drug-likeness (QED) is 0.389. The summed E-state index contributed by atoms with van der Waals surface area (Å²) in [4.78, 5) is 25.5. The van der Waals surface area contributed by atoms with Crippen LogP contribution in [0.2, 0.25) is 0 Å². The van der Waals surface area contributed by atoms with Crippen LogP contribution in [-0.2, 0) is 0 Å². The van der Waals surface area contributed by atoms with E-state index in [-0.39, 0.29) is 17.6 Å². The first kappa shape index (κ1) is 22.4. The molecule has 1 fully saturated rings. The van der Waals surface area contributed by atoms with E-state index < -0.39 is 5.82 Å². The number of amides is 1. The lowest BCUT2D eigenvalue weighted by atomic mass is 9.91. The van der Waals surface area contributed by atoms with Gasteiger partial charge in [-0.05, 0) is 79.6 Å². The van der Waals surface area contributed by atoms with E-state index in [1.807, 2.05) is 32.3 Å². The largest absolute Gasteiger partial charge is 0.351 e. The molecule has 1 saturated carbocycles. The number of hydrogen-bond acceptors (Lipinski definition) is 5. The van der Waals surface area contributed by atoms with E-state index in [0.29, 0.717) is 29.5 Å². The Labute approximate surface area is 208 Å². The van der Waals surface area contributed by atoms with Gasteiger partial charge < -0.3 is 15.2 Å². The predicted molar refractivity (Wildman–Crippen MR) is 136 cm³/mol. The van der Waals surface area contributed by atoms with Crippen molar-refractivity contribution >= 4 is 17.4 Å². The lowest BCUT2D eigenvalue weighted by molar-refractivity contribution is 0.0941. The molecule has 3 heterocycles. The van der Waals surface area contributed by atoms with Crippen LogP contribution in [0.5, 0.6) is 0 Å². The zero-order chi connectivity index (χ0) is 25.0. The van der Waals surface area contributed by atoms with Gasteiger partial charge >= 0.3 is 0 Å². The molecule has 0 spiro atoms. The highest BCUT2D eigenvalue weighted by Crippen LogP contribution is 2.39. The third-order valence-electron chi connectivity index (χ3n) is 7.06. The molecule has 182 valence electrons. The highest BCUT2D eigenvalue weighted by atomic mass is 19.1. The SMILES string of the molecule is Cc1cc(-n2cnc(C3CC3)c2)c(C)cc1-c1ncc(F)c(Nc2ccc3c(c2)C(C)CNC3=O)n1. The van der Waals surface area contributed by atoms with Crippen LogP contribution in [0.1, 0.15) is 64.3 Å². The monoisotopic (exact) mass is 482 g/mol. The minimum atomic E-state index is -0.542. The average Bonchev–Trinajstić information content (AvgIpc) is 3.61. The fourth-order valence-corrected chi connectivity index (χ4v) is 4.81. The topological polar surface area (TPSA) is 84.7 Å². The van der Waals surface area contributed by atoms with E-state index in [1.54, 1.807) is 12.1 Å². The van der Waals surface area contributed by atoms with Crippen molar-refractivity contribution in [3.8, 4) is 17.1 Å². The maximum absolute atomic E-state index is 14.7. The first-order valence-corrected chi connectivity index (χ1v) is 12.2. The fourth-order valence-electron chi connectivity index (χ4n) is 4.81. The van der Waals surface area contributed by atoms with Gasteiger partial charge in [0.25, 0.3) is 5.91 Å². The molecule has 2 aliphatic rings. The van der Waals surface area contributed by atoms with Crippen molar-refractivity contribution in [1.29, 1.82) is 0 Å². The number of nitrogens with zero attached hydrogens (tertiary/aromatic N) is 4. The Hall–Kier alpha value is -4.07. The maximum Gasteiger partial charge on any atom is 0.251 e. The number of benzene rings is 2. The second kappa shape index (κ2) is 8.55. The van der Waals surface area contributed by atoms with Crippen molar-refractivity contribution in [2.24, 2.45) is 0 Å². The van der Waals surface area contributed by atoms with Gasteiger partial charge in [-0.25, -0.2) is 19.3 Å². The number of imidazole rings is 1. The maximum atomic E-state index is 14.7. The number of aryl methyl sites for hydroxylation is 2. The van der Waals surface area contributed by atoms with E-state index >= 15 is 0 Å². The van der Waals surface area contributed by atoms with Crippen LogP contribution in [0.15, 0.2) is 49.1 Å². The lowest BCUT2D eigenvalue weighted by Crippen LogP contribution is -2.33. The number of hydrogen-bond donors (Lipinski definition) is 2. The third-order valence-corrected chi connectivity index (χ3v) is 7.06. The number of aromatic nitrogens is 4. The van der Waals surface area contributed by atoms with E-state index in [0.717, 1.165) is 33.6 Å². The van der Waals surface area contributed by atoms with Crippen LogP contribution < -0.4 is 10.6 Å². The summed E-state index contributed by atoms with van der Waals surface area (Å²) in [5.74, 6) is 0.683. The molecule has 2 aromatic carbocycles. The second-order valence-electron chi connectivity index (χ2n) is 9.86. The molecule has 1 amide bonds. The predicted octanol–water partition coefficient (Wildman–Crippen LogP) is 5.55. The Morgan fingerprint density at radius 3 is 2.72 bits per heavy atom. The highest BCUT2D eigenvalue weighted by molar-refractivity contribution is 5.97. The first-order valence-electron chi connectivity index (χ1n) is 12.2. The van der Waals surface area contributed by atoms with Crippen molar-refractivity contribution in [2.45, 2.75) is 45.4 Å². The van der Waals surface area contributed by atoms with Gasteiger partial charge in [-0.3, -0.25) is 4.79 Å². The van der Waals surface area contributed by atoms with Crippen LogP contribution >= 0.6 is 0 Å². The average molecular weight is 483 g/mol. The summed E-state index contributed by atoms with van der Waals surface area (Å²) in [5, 5.41) is 5.97. The van der Waals surface area contributed by atoms with Crippen molar-refractivity contribution in [3.05, 3.63) is 82.8 Å². The molecule has 4 aromatic rings. The smallest absolute Gasteiger partial charge is 0.251 e. The van der Waals surface area contributed by atoms with Crippen LogP contribution in [-0.4, -0.2) is 32.0 Å².